The predicted octanol–water partition coefficient (Wildman–Crippen LogP) is 0.856. The molecular formula is C10H16N2O2. The summed E-state index contributed by atoms with van der Waals surface area (Å²) in [4.78, 5) is 11.4. The average Bonchev–Trinajstić information content (AvgIpc) is 2.11. The molecule has 0 saturated heterocycles. The normalized spacial score (nSPS) is 11.6. The first-order valence-electron chi connectivity index (χ1n) is 4.46. The molecule has 0 aliphatic heterocycles. The Morgan fingerprint density at radius 2 is 2.14 bits per heavy atom. The van der Waals surface area contributed by atoms with Gasteiger partial charge in [0.25, 0.3) is 5.56 Å². The summed E-state index contributed by atoms with van der Waals surface area (Å²) in [5.74, 6) is 0. The van der Waals surface area contributed by atoms with Gasteiger partial charge in [-0.1, -0.05) is 0 Å². The summed E-state index contributed by atoms with van der Waals surface area (Å²) in [5, 5.41) is 0. The van der Waals surface area contributed by atoms with Gasteiger partial charge < -0.3 is 15.0 Å². The van der Waals surface area contributed by atoms with Crippen molar-refractivity contribution in [1.82, 2.24) is 4.57 Å². The third-order valence-corrected chi connectivity index (χ3v) is 2.11. The molecule has 1 aromatic heterocycles. The molecule has 14 heavy (non-hydrogen) atoms. The Morgan fingerprint density at radius 1 is 1.50 bits per heavy atom. The molecule has 0 bridgehead atoms. The molecule has 1 rings (SSSR count). The Labute approximate surface area is 83.3 Å². The van der Waals surface area contributed by atoms with Crippen molar-refractivity contribution in [2.24, 2.45) is 0 Å². The Balaban J connectivity index is 2.97. The highest BCUT2D eigenvalue weighted by Gasteiger charge is 2.17. The molecule has 0 spiro atoms. The van der Waals surface area contributed by atoms with Gasteiger partial charge in [-0.15, -0.1) is 0 Å². The Kier molecular flexibility index (Phi) is 2.96. The van der Waals surface area contributed by atoms with Crippen molar-refractivity contribution in [2.75, 3.05) is 12.8 Å². The number of hydrogen-bond donors (Lipinski definition) is 1. The quantitative estimate of drug-likeness (QED) is 0.780. The third kappa shape index (κ3) is 2.60. The molecule has 2 N–H and O–H groups in total. The molecule has 1 heterocycles. The number of aromatic nitrogens is 1. The average molecular weight is 196 g/mol. The lowest BCUT2D eigenvalue weighted by Crippen LogP contribution is -2.34. The molecule has 0 saturated carbocycles. The summed E-state index contributed by atoms with van der Waals surface area (Å²) in [6.07, 6.45) is 1.63. The maximum Gasteiger partial charge on any atom is 0.250 e. The fourth-order valence-electron chi connectivity index (χ4n) is 1.15. The summed E-state index contributed by atoms with van der Waals surface area (Å²) in [6.45, 7) is 4.33. The summed E-state index contributed by atoms with van der Waals surface area (Å²) in [7, 11) is 1.62. The molecule has 0 unspecified atom stereocenters. The minimum atomic E-state index is -0.363. The highest BCUT2D eigenvalue weighted by atomic mass is 16.5. The van der Waals surface area contributed by atoms with Crippen LogP contribution in [0.15, 0.2) is 23.1 Å². The smallest absolute Gasteiger partial charge is 0.250 e. The topological polar surface area (TPSA) is 57.2 Å². The minimum absolute atomic E-state index is 0.0654. The van der Waals surface area contributed by atoms with Gasteiger partial charge in [-0.05, 0) is 19.9 Å². The van der Waals surface area contributed by atoms with E-state index in [4.69, 9.17) is 10.5 Å². The number of methoxy groups -OCH3 is 1. The summed E-state index contributed by atoms with van der Waals surface area (Å²) < 4.78 is 6.79. The molecule has 0 aromatic carbocycles. The van der Waals surface area contributed by atoms with E-state index in [1.165, 1.54) is 6.07 Å². The van der Waals surface area contributed by atoms with Gasteiger partial charge in [-0.25, -0.2) is 0 Å². The van der Waals surface area contributed by atoms with E-state index in [1.807, 2.05) is 13.8 Å². The lowest BCUT2D eigenvalue weighted by atomic mass is 10.1. The van der Waals surface area contributed by atoms with Crippen LogP contribution >= 0.6 is 0 Å². The molecule has 1 aromatic rings. The Hall–Kier alpha value is -1.29. The second-order valence-corrected chi connectivity index (χ2v) is 3.89. The van der Waals surface area contributed by atoms with Gasteiger partial charge in [0.15, 0.2) is 0 Å². The van der Waals surface area contributed by atoms with Crippen molar-refractivity contribution >= 4 is 5.69 Å². The molecule has 0 aliphatic rings. The molecule has 78 valence electrons. The van der Waals surface area contributed by atoms with E-state index in [0.29, 0.717) is 12.2 Å². The van der Waals surface area contributed by atoms with E-state index in [0.717, 1.165) is 0 Å². The number of pyridine rings is 1. The molecule has 0 amide bonds. The minimum Gasteiger partial charge on any atom is -0.398 e. The molecule has 0 atom stereocenters. The number of ether oxygens (including phenoxy) is 1. The van der Waals surface area contributed by atoms with Crippen molar-refractivity contribution < 1.29 is 4.74 Å². The summed E-state index contributed by atoms with van der Waals surface area (Å²) in [6, 6.07) is 3.06. The number of anilines is 1. The number of hydrogen-bond acceptors (Lipinski definition) is 3. The van der Waals surface area contributed by atoms with Crippen LogP contribution in [0.2, 0.25) is 0 Å². The van der Waals surface area contributed by atoms with Crippen molar-refractivity contribution in [2.45, 2.75) is 26.0 Å². The van der Waals surface area contributed by atoms with E-state index < -0.39 is 0 Å². The zero-order valence-corrected chi connectivity index (χ0v) is 8.78. The first-order chi connectivity index (χ1) is 6.44. The summed E-state index contributed by atoms with van der Waals surface area (Å²) in [5.41, 5.74) is 5.74. The third-order valence-electron chi connectivity index (χ3n) is 2.11. The summed E-state index contributed by atoms with van der Waals surface area (Å²) >= 11 is 0. The van der Waals surface area contributed by atoms with Crippen LogP contribution in [0.3, 0.4) is 0 Å². The second-order valence-electron chi connectivity index (χ2n) is 3.89. The van der Waals surface area contributed by atoms with Gasteiger partial charge in [0, 0.05) is 25.1 Å². The molecule has 0 aliphatic carbocycles. The maximum atomic E-state index is 11.4. The Bertz CT molecular complexity index is 369. The van der Waals surface area contributed by atoms with Crippen LogP contribution in [0.25, 0.3) is 0 Å². The van der Waals surface area contributed by atoms with Crippen LogP contribution in [-0.4, -0.2) is 17.3 Å². The zero-order chi connectivity index (χ0) is 10.8. The van der Waals surface area contributed by atoms with Crippen molar-refractivity contribution in [1.29, 1.82) is 0 Å². The van der Waals surface area contributed by atoms with Crippen LogP contribution in [0.4, 0.5) is 5.69 Å². The van der Waals surface area contributed by atoms with Gasteiger partial charge >= 0.3 is 0 Å². The second kappa shape index (κ2) is 3.84. The van der Waals surface area contributed by atoms with Crippen LogP contribution < -0.4 is 11.3 Å². The number of nitrogen functional groups attached to an aromatic ring is 1. The van der Waals surface area contributed by atoms with Gasteiger partial charge in [-0.3, -0.25) is 4.79 Å². The van der Waals surface area contributed by atoms with Crippen molar-refractivity contribution in [3.63, 3.8) is 0 Å². The maximum absolute atomic E-state index is 11.4. The highest BCUT2D eigenvalue weighted by molar-refractivity contribution is 5.33. The zero-order valence-electron chi connectivity index (χ0n) is 8.78. The molecule has 4 heteroatoms. The first kappa shape index (κ1) is 10.8. The molecule has 4 nitrogen and oxygen atoms in total. The molecular weight excluding hydrogens is 180 g/mol. The van der Waals surface area contributed by atoms with E-state index in [-0.39, 0.29) is 11.2 Å². The van der Waals surface area contributed by atoms with Gasteiger partial charge in [0.05, 0.1) is 12.1 Å². The number of nitrogens with two attached hydrogens (primary N) is 1. The first-order valence-corrected chi connectivity index (χ1v) is 4.46. The van der Waals surface area contributed by atoms with Crippen LogP contribution in [-0.2, 0) is 11.3 Å². The largest absolute Gasteiger partial charge is 0.398 e. The number of nitrogens with zero attached hydrogens (tertiary/aromatic N) is 1. The predicted molar refractivity (Wildman–Crippen MR) is 56.2 cm³/mol. The highest BCUT2D eigenvalue weighted by Crippen LogP contribution is 2.10. The van der Waals surface area contributed by atoms with Crippen LogP contribution in [0.1, 0.15) is 13.8 Å². The van der Waals surface area contributed by atoms with E-state index in [1.54, 1.807) is 23.9 Å². The number of rotatable bonds is 3. The fraction of sp³-hybridized carbons (Fsp3) is 0.500. The Morgan fingerprint density at radius 3 is 2.71 bits per heavy atom. The van der Waals surface area contributed by atoms with Gasteiger partial charge in [-0.2, -0.15) is 0 Å². The van der Waals surface area contributed by atoms with E-state index in [9.17, 15) is 4.79 Å². The standard InChI is InChI=1S/C10H16N2O2/c1-10(2,14-3)7-12-6-8(11)4-5-9(12)13/h4-6H,7,11H2,1-3H3. The van der Waals surface area contributed by atoms with E-state index in [2.05, 4.69) is 0 Å². The van der Waals surface area contributed by atoms with Crippen molar-refractivity contribution in [3.05, 3.63) is 28.7 Å². The SMILES string of the molecule is COC(C)(C)Cn1cc(N)ccc1=O. The monoisotopic (exact) mass is 196 g/mol. The van der Waals surface area contributed by atoms with Crippen LogP contribution in [0, 0.1) is 0 Å². The molecule has 0 fully saturated rings. The lowest BCUT2D eigenvalue weighted by Gasteiger charge is -2.23. The van der Waals surface area contributed by atoms with Gasteiger partial charge in [0.2, 0.25) is 0 Å². The lowest BCUT2D eigenvalue weighted by molar-refractivity contribution is 0.00743. The van der Waals surface area contributed by atoms with Crippen LogP contribution in [0.5, 0.6) is 0 Å². The molecule has 0 radical (unpaired) electrons. The van der Waals surface area contributed by atoms with E-state index >= 15 is 0 Å². The fourth-order valence-corrected chi connectivity index (χ4v) is 1.15. The van der Waals surface area contributed by atoms with Gasteiger partial charge in [0.1, 0.15) is 0 Å². The van der Waals surface area contributed by atoms with Crippen molar-refractivity contribution in [3.8, 4) is 0 Å².